The third-order valence-corrected chi connectivity index (χ3v) is 7.36. The summed E-state index contributed by atoms with van der Waals surface area (Å²) >= 11 is 1.91. The molecule has 4 nitrogen and oxygen atoms in total. The molecule has 2 rings (SSSR count). The molecule has 0 amide bonds. The van der Waals surface area contributed by atoms with Crippen molar-refractivity contribution in [1.29, 1.82) is 0 Å². The van der Waals surface area contributed by atoms with E-state index in [-0.39, 0.29) is 5.25 Å². The summed E-state index contributed by atoms with van der Waals surface area (Å²) in [6.07, 6.45) is 2.59. The van der Waals surface area contributed by atoms with Crippen molar-refractivity contribution in [2.24, 2.45) is 0 Å². The number of sulfonamides is 1. The molecule has 1 atom stereocenters. The zero-order chi connectivity index (χ0) is 12.3. The first-order chi connectivity index (χ1) is 8.14. The summed E-state index contributed by atoms with van der Waals surface area (Å²) < 4.78 is 26.7. The number of hydrogen-bond acceptors (Lipinski definition) is 4. The van der Waals surface area contributed by atoms with Crippen LogP contribution < -0.4 is 5.32 Å². The van der Waals surface area contributed by atoms with Crippen LogP contribution in [0.2, 0.25) is 0 Å². The fourth-order valence-electron chi connectivity index (χ4n) is 2.47. The maximum Gasteiger partial charge on any atom is 0.217 e. The molecular formula is C11H22N2O2S2. The highest BCUT2D eigenvalue weighted by Gasteiger charge is 2.35. The Labute approximate surface area is 109 Å². The number of hydrogen-bond donors (Lipinski definition) is 1. The molecule has 2 saturated heterocycles. The third kappa shape index (κ3) is 3.16. The minimum Gasteiger partial charge on any atom is -0.317 e. The van der Waals surface area contributed by atoms with E-state index in [1.165, 1.54) is 0 Å². The van der Waals surface area contributed by atoms with Gasteiger partial charge in [-0.3, -0.25) is 0 Å². The molecule has 17 heavy (non-hydrogen) atoms. The molecule has 0 bridgehead atoms. The second-order valence-corrected chi connectivity index (χ2v) is 8.37. The lowest BCUT2D eigenvalue weighted by molar-refractivity contribution is 0.394. The van der Waals surface area contributed by atoms with Gasteiger partial charge in [0, 0.05) is 24.1 Å². The standard InChI is InChI=1S/C11H22N2O2S2/c1-2-10-9-13(7-8-16-10)17(14,15)11-3-5-12-6-4-11/h10-12H,2-9H2,1H3. The Morgan fingerprint density at radius 1 is 1.35 bits per heavy atom. The lowest BCUT2D eigenvalue weighted by Gasteiger charge is -2.35. The van der Waals surface area contributed by atoms with E-state index < -0.39 is 10.0 Å². The van der Waals surface area contributed by atoms with E-state index in [0.29, 0.717) is 18.3 Å². The first-order valence-electron chi connectivity index (χ1n) is 6.46. The SMILES string of the molecule is CCC1CN(S(=O)(=O)C2CCNCC2)CCS1. The van der Waals surface area contributed by atoms with Crippen molar-refractivity contribution in [1.82, 2.24) is 9.62 Å². The molecule has 0 aromatic carbocycles. The van der Waals surface area contributed by atoms with Gasteiger partial charge in [0.05, 0.1) is 5.25 Å². The quantitative estimate of drug-likeness (QED) is 0.833. The predicted octanol–water partition coefficient (Wildman–Crippen LogP) is 0.896. The number of rotatable bonds is 3. The molecule has 0 spiro atoms. The van der Waals surface area contributed by atoms with E-state index in [0.717, 1.165) is 38.1 Å². The monoisotopic (exact) mass is 278 g/mol. The van der Waals surface area contributed by atoms with E-state index in [1.807, 2.05) is 11.8 Å². The second kappa shape index (κ2) is 5.91. The largest absolute Gasteiger partial charge is 0.317 e. The summed E-state index contributed by atoms with van der Waals surface area (Å²) in [4.78, 5) is 0. The van der Waals surface area contributed by atoms with Crippen LogP contribution in [0.1, 0.15) is 26.2 Å². The van der Waals surface area contributed by atoms with Gasteiger partial charge in [0.2, 0.25) is 10.0 Å². The number of piperidine rings is 1. The molecule has 1 unspecified atom stereocenters. The molecule has 1 N–H and O–H groups in total. The minimum atomic E-state index is -3.05. The Morgan fingerprint density at radius 3 is 2.71 bits per heavy atom. The van der Waals surface area contributed by atoms with Crippen LogP contribution in [0, 0.1) is 0 Å². The maximum atomic E-state index is 12.5. The van der Waals surface area contributed by atoms with Crippen LogP contribution in [0.3, 0.4) is 0 Å². The fourth-order valence-corrected chi connectivity index (χ4v) is 5.85. The minimum absolute atomic E-state index is 0.149. The lowest BCUT2D eigenvalue weighted by Crippen LogP contribution is -2.48. The van der Waals surface area contributed by atoms with Crippen LogP contribution in [-0.4, -0.2) is 55.2 Å². The fraction of sp³-hybridized carbons (Fsp3) is 1.00. The van der Waals surface area contributed by atoms with Gasteiger partial charge in [0.1, 0.15) is 0 Å². The summed E-state index contributed by atoms with van der Waals surface area (Å²) in [5.41, 5.74) is 0. The Bertz CT molecular complexity index is 339. The first-order valence-corrected chi connectivity index (χ1v) is 9.01. The molecule has 100 valence electrons. The summed E-state index contributed by atoms with van der Waals surface area (Å²) in [5.74, 6) is 0.947. The van der Waals surface area contributed by atoms with Crippen molar-refractivity contribution in [3.05, 3.63) is 0 Å². The molecule has 0 saturated carbocycles. The summed E-state index contributed by atoms with van der Waals surface area (Å²) in [6, 6.07) is 0. The molecule has 0 radical (unpaired) electrons. The maximum absolute atomic E-state index is 12.5. The van der Waals surface area contributed by atoms with Crippen molar-refractivity contribution in [2.75, 3.05) is 31.9 Å². The third-order valence-electron chi connectivity index (χ3n) is 3.62. The smallest absolute Gasteiger partial charge is 0.217 e. The number of nitrogens with one attached hydrogen (secondary N) is 1. The van der Waals surface area contributed by atoms with E-state index in [4.69, 9.17) is 0 Å². The van der Waals surface area contributed by atoms with Crippen LogP contribution in [0.25, 0.3) is 0 Å². The Hall–Kier alpha value is 0.220. The summed E-state index contributed by atoms with van der Waals surface area (Å²) in [5, 5.41) is 3.56. The van der Waals surface area contributed by atoms with Gasteiger partial charge in [-0.15, -0.1) is 0 Å². The highest BCUT2D eigenvalue weighted by atomic mass is 32.2. The van der Waals surface area contributed by atoms with Crippen molar-refractivity contribution < 1.29 is 8.42 Å². The van der Waals surface area contributed by atoms with Crippen molar-refractivity contribution in [3.63, 3.8) is 0 Å². The van der Waals surface area contributed by atoms with E-state index in [1.54, 1.807) is 4.31 Å². The van der Waals surface area contributed by atoms with Gasteiger partial charge in [-0.25, -0.2) is 8.42 Å². The van der Waals surface area contributed by atoms with E-state index in [2.05, 4.69) is 12.2 Å². The second-order valence-electron chi connectivity index (χ2n) is 4.75. The molecule has 2 fully saturated rings. The topological polar surface area (TPSA) is 49.4 Å². The first kappa shape index (κ1) is 13.6. The summed E-state index contributed by atoms with van der Waals surface area (Å²) in [6.45, 7) is 5.23. The van der Waals surface area contributed by atoms with Gasteiger partial charge in [-0.05, 0) is 32.4 Å². The van der Waals surface area contributed by atoms with Crippen molar-refractivity contribution in [2.45, 2.75) is 36.7 Å². The normalized spacial score (nSPS) is 29.4. The Kier molecular flexibility index (Phi) is 4.74. The van der Waals surface area contributed by atoms with Gasteiger partial charge in [0.15, 0.2) is 0 Å². The molecule has 0 aromatic rings. The number of thioether (sulfide) groups is 1. The molecule has 2 aliphatic heterocycles. The number of nitrogens with zero attached hydrogens (tertiary/aromatic N) is 1. The zero-order valence-corrected chi connectivity index (χ0v) is 12.0. The molecule has 2 aliphatic rings. The average Bonchev–Trinajstić information content (AvgIpc) is 2.40. The molecular weight excluding hydrogens is 256 g/mol. The van der Waals surface area contributed by atoms with E-state index >= 15 is 0 Å². The highest BCUT2D eigenvalue weighted by Crippen LogP contribution is 2.26. The van der Waals surface area contributed by atoms with Crippen LogP contribution in [0.4, 0.5) is 0 Å². The Balaban J connectivity index is 2.03. The molecule has 0 aromatic heterocycles. The van der Waals surface area contributed by atoms with Gasteiger partial charge in [-0.1, -0.05) is 6.92 Å². The average molecular weight is 278 g/mol. The molecule has 6 heteroatoms. The summed E-state index contributed by atoms with van der Waals surface area (Å²) in [7, 11) is -3.05. The van der Waals surface area contributed by atoms with Crippen LogP contribution in [0.15, 0.2) is 0 Å². The van der Waals surface area contributed by atoms with E-state index in [9.17, 15) is 8.42 Å². The van der Waals surface area contributed by atoms with Crippen molar-refractivity contribution in [3.8, 4) is 0 Å². The van der Waals surface area contributed by atoms with Crippen LogP contribution >= 0.6 is 11.8 Å². The van der Waals surface area contributed by atoms with Gasteiger partial charge < -0.3 is 5.32 Å². The molecule has 2 heterocycles. The predicted molar refractivity (Wildman–Crippen MR) is 72.9 cm³/mol. The van der Waals surface area contributed by atoms with Crippen LogP contribution in [0.5, 0.6) is 0 Å². The highest BCUT2D eigenvalue weighted by molar-refractivity contribution is 8.00. The lowest BCUT2D eigenvalue weighted by atomic mass is 10.2. The van der Waals surface area contributed by atoms with Gasteiger partial charge in [-0.2, -0.15) is 16.1 Å². The van der Waals surface area contributed by atoms with Gasteiger partial charge >= 0.3 is 0 Å². The van der Waals surface area contributed by atoms with Crippen molar-refractivity contribution >= 4 is 21.8 Å². The Morgan fingerprint density at radius 2 is 2.06 bits per heavy atom. The van der Waals surface area contributed by atoms with Gasteiger partial charge in [0.25, 0.3) is 0 Å². The molecule has 0 aliphatic carbocycles. The van der Waals surface area contributed by atoms with Crippen LogP contribution in [-0.2, 0) is 10.0 Å². The zero-order valence-electron chi connectivity index (χ0n) is 10.4.